The number of hydrogen-bond acceptors (Lipinski definition) is 2. The maximum atomic E-state index is 10.3. The molecule has 8 aromatic rings. The van der Waals surface area contributed by atoms with Gasteiger partial charge in [-0.25, -0.2) is 0 Å². The van der Waals surface area contributed by atoms with Crippen LogP contribution in [0.2, 0.25) is 0 Å². The Bertz CT molecular complexity index is 2370. The van der Waals surface area contributed by atoms with Gasteiger partial charge in [-0.2, -0.15) is 10.5 Å². The molecule has 4 heteroatoms. The highest BCUT2D eigenvalue weighted by Gasteiger charge is 2.18. The Labute approximate surface area is 254 Å². The summed E-state index contributed by atoms with van der Waals surface area (Å²) in [5, 5.41) is 25.2. The van der Waals surface area contributed by atoms with Crippen LogP contribution in [-0.2, 0) is 0 Å². The van der Waals surface area contributed by atoms with Gasteiger partial charge in [-0.3, -0.25) is 0 Å². The molecule has 0 N–H and O–H groups in total. The van der Waals surface area contributed by atoms with Crippen molar-refractivity contribution in [1.82, 2.24) is 9.13 Å². The van der Waals surface area contributed by atoms with Crippen molar-refractivity contribution in [2.75, 3.05) is 0 Å². The molecule has 0 atom stereocenters. The number of aryl methyl sites for hydroxylation is 2. The van der Waals surface area contributed by atoms with Crippen molar-refractivity contribution in [2.24, 2.45) is 0 Å². The molecule has 0 saturated heterocycles. The molecule has 6 aromatic carbocycles. The van der Waals surface area contributed by atoms with Crippen molar-refractivity contribution in [2.45, 2.75) is 13.8 Å². The van der Waals surface area contributed by atoms with E-state index in [1.807, 2.05) is 24.3 Å². The molecule has 44 heavy (non-hydrogen) atoms. The molecule has 2 aromatic heterocycles. The van der Waals surface area contributed by atoms with Gasteiger partial charge in [0.2, 0.25) is 0 Å². The molecule has 0 aliphatic rings. The van der Waals surface area contributed by atoms with Gasteiger partial charge in [0, 0.05) is 44.0 Å². The Morgan fingerprint density at radius 3 is 1.27 bits per heavy atom. The SMILES string of the molecule is Cc1ccc2c3ccccc3n(-c3ccc(C#N)c(-c4cc(-n5c6ccccc6c6ccc(C)cc65)ccc4C#N)c3)c2c1. The molecular weight excluding hydrogens is 536 g/mol. The largest absolute Gasteiger partial charge is 0.309 e. The second kappa shape index (κ2) is 9.73. The van der Waals surface area contributed by atoms with Gasteiger partial charge < -0.3 is 9.13 Å². The lowest BCUT2D eigenvalue weighted by Gasteiger charge is -2.15. The lowest BCUT2D eigenvalue weighted by Crippen LogP contribution is -1.99. The van der Waals surface area contributed by atoms with Crippen LogP contribution in [0.1, 0.15) is 22.3 Å². The summed E-state index contributed by atoms with van der Waals surface area (Å²) in [5.74, 6) is 0. The first kappa shape index (κ1) is 25.6. The van der Waals surface area contributed by atoms with Gasteiger partial charge in [-0.15, -0.1) is 0 Å². The van der Waals surface area contributed by atoms with E-state index in [0.29, 0.717) is 11.1 Å². The fourth-order valence-corrected chi connectivity index (χ4v) is 6.70. The lowest BCUT2D eigenvalue weighted by atomic mass is 9.95. The molecule has 8 rings (SSSR count). The van der Waals surface area contributed by atoms with Gasteiger partial charge in [0.1, 0.15) is 0 Å². The topological polar surface area (TPSA) is 57.4 Å². The second-order valence-electron chi connectivity index (χ2n) is 11.4. The van der Waals surface area contributed by atoms with E-state index >= 15 is 0 Å². The maximum Gasteiger partial charge on any atom is 0.0998 e. The maximum absolute atomic E-state index is 10.3. The summed E-state index contributed by atoms with van der Waals surface area (Å²) in [7, 11) is 0. The van der Waals surface area contributed by atoms with E-state index in [1.165, 1.54) is 32.7 Å². The predicted molar refractivity (Wildman–Crippen MR) is 179 cm³/mol. The zero-order valence-corrected chi connectivity index (χ0v) is 24.3. The third-order valence-electron chi connectivity index (χ3n) is 8.71. The first-order valence-corrected chi connectivity index (χ1v) is 14.6. The van der Waals surface area contributed by atoms with Crippen molar-refractivity contribution in [3.8, 4) is 34.6 Å². The molecule has 0 bridgehead atoms. The average molecular weight is 563 g/mol. The van der Waals surface area contributed by atoms with Crippen molar-refractivity contribution in [1.29, 1.82) is 10.5 Å². The summed E-state index contributed by atoms with van der Waals surface area (Å²) in [5.41, 5.74) is 11.2. The van der Waals surface area contributed by atoms with Crippen LogP contribution < -0.4 is 0 Å². The molecule has 0 aliphatic heterocycles. The van der Waals surface area contributed by atoms with Gasteiger partial charge in [0.15, 0.2) is 0 Å². The molecule has 2 heterocycles. The molecule has 0 amide bonds. The quantitative estimate of drug-likeness (QED) is 0.215. The van der Waals surface area contributed by atoms with E-state index in [0.717, 1.165) is 44.6 Å². The van der Waals surface area contributed by atoms with Crippen LogP contribution in [-0.4, -0.2) is 9.13 Å². The van der Waals surface area contributed by atoms with E-state index in [1.54, 1.807) is 0 Å². The van der Waals surface area contributed by atoms with Crippen LogP contribution in [0.15, 0.2) is 121 Å². The molecule has 0 spiro atoms. The van der Waals surface area contributed by atoms with E-state index in [-0.39, 0.29) is 0 Å². The van der Waals surface area contributed by atoms with Crippen LogP contribution in [0.25, 0.3) is 66.1 Å². The van der Waals surface area contributed by atoms with Crippen LogP contribution in [0.5, 0.6) is 0 Å². The summed E-state index contributed by atoms with van der Waals surface area (Å²) < 4.78 is 4.52. The summed E-state index contributed by atoms with van der Waals surface area (Å²) in [6.45, 7) is 4.21. The normalized spacial score (nSPS) is 11.4. The lowest BCUT2D eigenvalue weighted by molar-refractivity contribution is 1.17. The van der Waals surface area contributed by atoms with Crippen molar-refractivity contribution >= 4 is 43.6 Å². The van der Waals surface area contributed by atoms with Crippen LogP contribution in [0.4, 0.5) is 0 Å². The zero-order chi connectivity index (χ0) is 29.9. The molecule has 4 nitrogen and oxygen atoms in total. The minimum atomic E-state index is 0.525. The molecular formula is C40H26N4. The number of aromatic nitrogens is 2. The third-order valence-corrected chi connectivity index (χ3v) is 8.71. The average Bonchev–Trinajstić information content (AvgIpc) is 3.56. The molecule has 0 radical (unpaired) electrons. The van der Waals surface area contributed by atoms with Crippen molar-refractivity contribution in [3.05, 3.63) is 144 Å². The Balaban J connectivity index is 1.41. The predicted octanol–water partition coefficient (Wildman–Crippen LogP) is 9.91. The standard InChI is InChI=1S/C40H26N4/c1-25-11-17-33-31-7-3-5-9-37(31)43(39(33)19-25)29-15-13-27(23-41)35(21-29)36-22-30(16-14-28(36)24-42)44-38-10-6-4-8-32(38)34-18-12-26(2)20-40(34)44/h3-22H,1-2H3. The molecule has 0 fully saturated rings. The smallest absolute Gasteiger partial charge is 0.0998 e. The van der Waals surface area contributed by atoms with Gasteiger partial charge in [0.25, 0.3) is 0 Å². The summed E-state index contributed by atoms with van der Waals surface area (Å²) >= 11 is 0. The van der Waals surface area contributed by atoms with Crippen molar-refractivity contribution in [3.63, 3.8) is 0 Å². The van der Waals surface area contributed by atoms with Gasteiger partial charge in [-0.05, 0) is 85.6 Å². The number of para-hydroxylation sites is 2. The van der Waals surface area contributed by atoms with Crippen LogP contribution >= 0.6 is 0 Å². The highest BCUT2D eigenvalue weighted by Crippen LogP contribution is 2.38. The molecule has 0 saturated carbocycles. The fourth-order valence-electron chi connectivity index (χ4n) is 6.70. The van der Waals surface area contributed by atoms with Crippen molar-refractivity contribution < 1.29 is 0 Å². The van der Waals surface area contributed by atoms with Gasteiger partial charge >= 0.3 is 0 Å². The number of rotatable bonds is 3. The first-order chi connectivity index (χ1) is 21.6. The number of nitriles is 2. The summed E-state index contributed by atoms with van der Waals surface area (Å²) in [4.78, 5) is 0. The minimum absolute atomic E-state index is 0.525. The molecule has 0 aliphatic carbocycles. The Morgan fingerprint density at radius 1 is 0.432 bits per heavy atom. The Hall–Kier alpha value is -6.10. The molecule has 206 valence electrons. The van der Waals surface area contributed by atoms with E-state index in [9.17, 15) is 10.5 Å². The molecule has 0 unspecified atom stereocenters. The van der Waals surface area contributed by atoms with Gasteiger partial charge in [0.05, 0.1) is 45.3 Å². The zero-order valence-electron chi connectivity index (χ0n) is 24.3. The van der Waals surface area contributed by atoms with Crippen LogP contribution in [0, 0.1) is 36.5 Å². The highest BCUT2D eigenvalue weighted by molar-refractivity contribution is 6.10. The summed E-state index contributed by atoms with van der Waals surface area (Å²) in [6, 6.07) is 46.5. The fraction of sp³-hybridized carbons (Fsp3) is 0.0500. The number of nitrogens with zero attached hydrogens (tertiary/aromatic N) is 4. The highest BCUT2D eigenvalue weighted by atomic mass is 15.0. The van der Waals surface area contributed by atoms with Gasteiger partial charge in [-0.1, -0.05) is 60.7 Å². The monoisotopic (exact) mass is 562 g/mol. The number of fused-ring (bicyclic) bond motifs is 6. The Kier molecular flexibility index (Phi) is 5.66. The number of benzene rings is 6. The van der Waals surface area contributed by atoms with E-state index < -0.39 is 0 Å². The van der Waals surface area contributed by atoms with E-state index in [4.69, 9.17) is 0 Å². The van der Waals surface area contributed by atoms with E-state index in [2.05, 4.69) is 132 Å². The Morgan fingerprint density at radius 2 is 0.841 bits per heavy atom. The minimum Gasteiger partial charge on any atom is -0.309 e. The first-order valence-electron chi connectivity index (χ1n) is 14.6. The van der Waals surface area contributed by atoms with Crippen LogP contribution in [0.3, 0.4) is 0 Å². The third kappa shape index (κ3) is 3.76. The summed E-state index contributed by atoms with van der Waals surface area (Å²) in [6.07, 6.45) is 0. The second-order valence-corrected chi connectivity index (χ2v) is 11.4. The number of hydrogen-bond donors (Lipinski definition) is 0.